The molecule has 0 aliphatic heterocycles. The maximum Gasteiger partial charge on any atom is 0.348 e. The molecule has 0 unspecified atom stereocenters. The van der Waals surface area contributed by atoms with Gasteiger partial charge in [0.1, 0.15) is 0 Å². The summed E-state index contributed by atoms with van der Waals surface area (Å²) in [6.07, 6.45) is 0. The Morgan fingerprint density at radius 3 is 1.95 bits per heavy atom. The van der Waals surface area contributed by atoms with E-state index in [4.69, 9.17) is 0 Å². The molecule has 9 heteroatoms. The molecule has 1 N–H and O–H groups in total. The van der Waals surface area contributed by atoms with Crippen molar-refractivity contribution in [2.24, 2.45) is 10.2 Å². The summed E-state index contributed by atoms with van der Waals surface area (Å²) in [5.74, 6) is 0. The van der Waals surface area contributed by atoms with Crippen LogP contribution in [0.4, 0.5) is 28.4 Å². The second-order valence-electron chi connectivity index (χ2n) is 4.18. The number of benzene rings is 2. The van der Waals surface area contributed by atoms with E-state index in [9.17, 15) is 20.2 Å². The normalized spacial score (nSPS) is 10.6. The van der Waals surface area contributed by atoms with Gasteiger partial charge in [0.05, 0.1) is 27.3 Å². The molecule has 0 spiro atoms. The quantitative estimate of drug-likeness (QED) is 0.508. The Balaban J connectivity index is 2.28. The molecule has 112 valence electrons. The maximum atomic E-state index is 10.8. The van der Waals surface area contributed by atoms with E-state index in [2.05, 4.69) is 15.5 Å². The minimum Gasteiger partial charge on any atom is -0.388 e. The Morgan fingerprint density at radius 2 is 1.41 bits per heavy atom. The number of hydrogen-bond acceptors (Lipinski definition) is 7. The zero-order valence-electron chi connectivity index (χ0n) is 11.5. The lowest BCUT2D eigenvalue weighted by molar-refractivity contribution is -0.422. The number of nitrogens with zero attached hydrogens (tertiary/aromatic N) is 4. The summed E-state index contributed by atoms with van der Waals surface area (Å²) < 4.78 is 0. The van der Waals surface area contributed by atoms with Crippen LogP contribution in [-0.4, -0.2) is 16.9 Å². The molecule has 0 aromatic heterocycles. The summed E-state index contributed by atoms with van der Waals surface area (Å²) in [6.45, 7) is 0. The van der Waals surface area contributed by atoms with Crippen LogP contribution in [0.3, 0.4) is 0 Å². The fourth-order valence-corrected chi connectivity index (χ4v) is 1.68. The molecule has 0 saturated heterocycles. The molecule has 0 radical (unpaired) electrons. The summed E-state index contributed by atoms with van der Waals surface area (Å²) in [5, 5.41) is 32.3. The summed E-state index contributed by atoms with van der Waals surface area (Å²) in [7, 11) is 1.78. The molecule has 2 rings (SSSR count). The molecule has 22 heavy (non-hydrogen) atoms. The second-order valence-corrected chi connectivity index (χ2v) is 4.18. The average Bonchev–Trinajstić information content (AvgIpc) is 2.53. The molecular formula is C13H11N5O4. The molecule has 2 aromatic carbocycles. The van der Waals surface area contributed by atoms with Crippen molar-refractivity contribution < 1.29 is 9.85 Å². The van der Waals surface area contributed by atoms with Gasteiger partial charge in [-0.25, -0.2) is 0 Å². The standard InChI is InChI=1S/C13H11N5O4/c1-14-9-2-4-10(5-3-9)15-16-11-6-7-12(17(19)20)13(8-11)18(21)22/h2-8,14H,1H3/b16-15+. The number of nitro groups is 2. The van der Waals surface area contributed by atoms with Crippen LogP contribution in [-0.2, 0) is 0 Å². The fourth-order valence-electron chi connectivity index (χ4n) is 1.68. The van der Waals surface area contributed by atoms with Crippen molar-refractivity contribution in [3.8, 4) is 0 Å². The van der Waals surface area contributed by atoms with Gasteiger partial charge in [0.2, 0.25) is 0 Å². The second kappa shape index (κ2) is 6.39. The van der Waals surface area contributed by atoms with E-state index in [1.165, 1.54) is 6.07 Å². The Labute approximate surface area is 124 Å². The topological polar surface area (TPSA) is 123 Å². The monoisotopic (exact) mass is 301 g/mol. The third-order valence-corrected chi connectivity index (χ3v) is 2.79. The number of rotatable bonds is 5. The third kappa shape index (κ3) is 3.39. The first-order valence-electron chi connectivity index (χ1n) is 6.13. The first kappa shape index (κ1) is 15.0. The Bertz CT molecular complexity index is 743. The van der Waals surface area contributed by atoms with Gasteiger partial charge < -0.3 is 5.32 Å². The SMILES string of the molecule is CNc1ccc(/N=N/c2ccc([N+](=O)[O-])c([N+](=O)[O-])c2)cc1. The number of hydrogen-bond donors (Lipinski definition) is 1. The average molecular weight is 301 g/mol. The summed E-state index contributed by atoms with van der Waals surface area (Å²) in [4.78, 5) is 19.9. The van der Waals surface area contributed by atoms with Gasteiger partial charge in [-0.1, -0.05) is 0 Å². The van der Waals surface area contributed by atoms with E-state index >= 15 is 0 Å². The lowest BCUT2D eigenvalue weighted by atomic mass is 10.2. The maximum absolute atomic E-state index is 10.8. The highest BCUT2D eigenvalue weighted by Crippen LogP contribution is 2.31. The summed E-state index contributed by atoms with van der Waals surface area (Å²) in [6, 6.07) is 10.4. The van der Waals surface area contributed by atoms with Gasteiger partial charge in [0.25, 0.3) is 0 Å². The summed E-state index contributed by atoms with van der Waals surface area (Å²) in [5.41, 5.74) is 0.425. The van der Waals surface area contributed by atoms with Gasteiger partial charge in [-0.2, -0.15) is 10.2 Å². The van der Waals surface area contributed by atoms with E-state index in [1.807, 2.05) is 0 Å². The number of nitrogens with one attached hydrogen (secondary N) is 1. The van der Waals surface area contributed by atoms with Crippen molar-refractivity contribution in [3.05, 3.63) is 62.7 Å². The van der Waals surface area contributed by atoms with Crippen molar-refractivity contribution >= 4 is 28.4 Å². The molecule has 2 aromatic rings. The highest BCUT2D eigenvalue weighted by molar-refractivity contribution is 5.60. The third-order valence-electron chi connectivity index (χ3n) is 2.79. The Hall–Kier alpha value is -3.36. The zero-order chi connectivity index (χ0) is 16.1. The van der Waals surface area contributed by atoms with Crippen LogP contribution in [0.15, 0.2) is 52.7 Å². The van der Waals surface area contributed by atoms with Crippen LogP contribution < -0.4 is 5.32 Å². The molecule has 0 fully saturated rings. The van der Waals surface area contributed by atoms with Crippen molar-refractivity contribution in [1.82, 2.24) is 0 Å². The van der Waals surface area contributed by atoms with Gasteiger partial charge in [0.15, 0.2) is 0 Å². The van der Waals surface area contributed by atoms with Crippen LogP contribution in [0, 0.1) is 20.2 Å². The predicted molar refractivity (Wildman–Crippen MR) is 79.9 cm³/mol. The Morgan fingerprint density at radius 1 is 0.864 bits per heavy atom. The largest absolute Gasteiger partial charge is 0.388 e. The van der Waals surface area contributed by atoms with Crippen molar-refractivity contribution in [3.63, 3.8) is 0 Å². The molecule has 0 amide bonds. The van der Waals surface area contributed by atoms with Gasteiger partial charge in [-0.15, -0.1) is 0 Å². The highest BCUT2D eigenvalue weighted by Gasteiger charge is 2.24. The van der Waals surface area contributed by atoms with Crippen molar-refractivity contribution in [2.75, 3.05) is 12.4 Å². The van der Waals surface area contributed by atoms with Crippen LogP contribution >= 0.6 is 0 Å². The lowest BCUT2D eigenvalue weighted by Crippen LogP contribution is -1.95. The van der Waals surface area contributed by atoms with E-state index in [1.54, 1.807) is 31.3 Å². The first-order chi connectivity index (χ1) is 10.5. The predicted octanol–water partition coefficient (Wildman–Crippen LogP) is 3.96. The van der Waals surface area contributed by atoms with E-state index in [0.29, 0.717) is 5.69 Å². The molecule has 0 bridgehead atoms. The molecule has 0 aliphatic carbocycles. The van der Waals surface area contributed by atoms with Gasteiger partial charge >= 0.3 is 11.4 Å². The van der Waals surface area contributed by atoms with Crippen molar-refractivity contribution in [2.45, 2.75) is 0 Å². The molecular weight excluding hydrogens is 290 g/mol. The molecule has 0 aliphatic rings. The van der Waals surface area contributed by atoms with Gasteiger partial charge in [0, 0.05) is 18.8 Å². The van der Waals surface area contributed by atoms with Crippen molar-refractivity contribution in [1.29, 1.82) is 0 Å². The minimum atomic E-state index is -0.821. The molecule has 9 nitrogen and oxygen atoms in total. The lowest BCUT2D eigenvalue weighted by Gasteiger charge is -1.99. The highest BCUT2D eigenvalue weighted by atomic mass is 16.6. The van der Waals surface area contributed by atoms with Gasteiger partial charge in [-0.3, -0.25) is 20.2 Å². The smallest absolute Gasteiger partial charge is 0.348 e. The molecule has 0 atom stereocenters. The number of nitro benzene ring substituents is 2. The molecule has 0 heterocycles. The first-order valence-corrected chi connectivity index (χ1v) is 6.13. The van der Waals surface area contributed by atoms with Crippen LogP contribution in [0.5, 0.6) is 0 Å². The number of azo groups is 1. The summed E-state index contributed by atoms with van der Waals surface area (Å²) >= 11 is 0. The fraction of sp³-hybridized carbons (Fsp3) is 0.0769. The van der Waals surface area contributed by atoms with Crippen LogP contribution in [0.25, 0.3) is 0 Å². The molecule has 0 saturated carbocycles. The minimum absolute atomic E-state index is 0.162. The van der Waals surface area contributed by atoms with E-state index < -0.39 is 21.2 Å². The Kier molecular flexibility index (Phi) is 4.37. The van der Waals surface area contributed by atoms with E-state index in [0.717, 1.165) is 17.8 Å². The number of anilines is 1. The van der Waals surface area contributed by atoms with Crippen LogP contribution in [0.2, 0.25) is 0 Å². The van der Waals surface area contributed by atoms with Crippen LogP contribution in [0.1, 0.15) is 0 Å². The van der Waals surface area contributed by atoms with Gasteiger partial charge in [-0.05, 0) is 30.3 Å². The zero-order valence-corrected chi connectivity index (χ0v) is 11.5. The van der Waals surface area contributed by atoms with E-state index in [-0.39, 0.29) is 5.69 Å².